The van der Waals surface area contributed by atoms with E-state index in [4.69, 9.17) is 15.2 Å². The van der Waals surface area contributed by atoms with Gasteiger partial charge in [0.1, 0.15) is 11.9 Å². The maximum absolute atomic E-state index is 11.5. The van der Waals surface area contributed by atoms with Crippen LogP contribution in [0.15, 0.2) is 21.6 Å². The first-order chi connectivity index (χ1) is 8.58. The first-order valence-electron chi connectivity index (χ1n) is 5.28. The van der Waals surface area contributed by atoms with Crippen molar-refractivity contribution in [2.24, 2.45) is 10.7 Å². The predicted molar refractivity (Wildman–Crippen MR) is 67.8 cm³/mol. The van der Waals surface area contributed by atoms with Gasteiger partial charge in [-0.1, -0.05) is 0 Å². The third-order valence-corrected chi connectivity index (χ3v) is 3.55. The molecular weight excluding hydrogens is 302 g/mol. The summed E-state index contributed by atoms with van der Waals surface area (Å²) in [6.07, 6.45) is 0. The lowest BCUT2D eigenvalue weighted by Crippen LogP contribution is -2.30. The van der Waals surface area contributed by atoms with Crippen LogP contribution in [0, 0.1) is 0 Å². The Hall–Kier alpha value is -1.76. The summed E-state index contributed by atoms with van der Waals surface area (Å²) >= 11 is 3.41. The molecule has 6 nitrogen and oxygen atoms in total. The number of hydrogen-bond donors (Lipinski definition) is 1. The topological polar surface area (TPSA) is 77.2 Å². The van der Waals surface area contributed by atoms with E-state index in [-0.39, 0.29) is 24.7 Å². The number of hydrogen-bond acceptors (Lipinski definition) is 4. The van der Waals surface area contributed by atoms with Gasteiger partial charge in [-0.2, -0.15) is 4.99 Å². The summed E-state index contributed by atoms with van der Waals surface area (Å²) < 4.78 is 11.4. The number of benzene rings is 1. The monoisotopic (exact) mass is 311 g/mol. The summed E-state index contributed by atoms with van der Waals surface area (Å²) in [6, 6.07) is 2.97. The molecule has 3 rings (SSSR count). The number of nitrogens with two attached hydrogens (primary N) is 1. The van der Waals surface area contributed by atoms with E-state index in [1.807, 2.05) is 12.1 Å². The highest BCUT2D eigenvalue weighted by atomic mass is 79.9. The molecule has 1 unspecified atom stereocenters. The van der Waals surface area contributed by atoms with Crippen LogP contribution in [0.25, 0.3) is 0 Å². The number of ether oxygens (including phenoxy) is 2. The third-order valence-electron chi connectivity index (χ3n) is 2.96. The molecule has 0 fully saturated rings. The van der Waals surface area contributed by atoms with E-state index in [0.29, 0.717) is 11.5 Å². The number of carbonyl (C=O) groups excluding carboxylic acids is 1. The minimum atomic E-state index is -0.358. The van der Waals surface area contributed by atoms with E-state index in [1.54, 1.807) is 7.05 Å². The smallest absolute Gasteiger partial charge is 0.345 e. The Labute approximate surface area is 111 Å². The number of amides is 2. The summed E-state index contributed by atoms with van der Waals surface area (Å²) in [7, 11) is 1.66. The van der Waals surface area contributed by atoms with Crippen LogP contribution >= 0.6 is 15.9 Å². The van der Waals surface area contributed by atoms with Crippen LogP contribution in [0.1, 0.15) is 11.6 Å². The fraction of sp³-hybridized carbons (Fsp3) is 0.273. The van der Waals surface area contributed by atoms with Gasteiger partial charge in [-0.05, 0) is 33.6 Å². The Kier molecular flexibility index (Phi) is 2.44. The Balaban J connectivity index is 2.06. The molecule has 0 aromatic heterocycles. The second kappa shape index (κ2) is 3.88. The molecule has 2 heterocycles. The van der Waals surface area contributed by atoms with Gasteiger partial charge in [-0.25, -0.2) is 4.79 Å². The van der Waals surface area contributed by atoms with Gasteiger partial charge in [0.15, 0.2) is 11.5 Å². The van der Waals surface area contributed by atoms with Crippen LogP contribution in [0.2, 0.25) is 0 Å². The average molecular weight is 312 g/mol. The molecule has 0 saturated heterocycles. The molecule has 1 aromatic carbocycles. The van der Waals surface area contributed by atoms with Crippen molar-refractivity contribution in [1.29, 1.82) is 0 Å². The molecular formula is C11H10BrN3O3. The lowest BCUT2D eigenvalue weighted by atomic mass is 10.1. The number of aliphatic imine (C=N–C) groups is 1. The van der Waals surface area contributed by atoms with Gasteiger partial charge in [0.05, 0.1) is 4.47 Å². The van der Waals surface area contributed by atoms with Crippen molar-refractivity contribution in [3.8, 4) is 11.5 Å². The molecule has 0 spiro atoms. The van der Waals surface area contributed by atoms with Crippen LogP contribution in [0.3, 0.4) is 0 Å². The highest BCUT2D eigenvalue weighted by Gasteiger charge is 2.33. The highest BCUT2D eigenvalue weighted by Crippen LogP contribution is 2.42. The van der Waals surface area contributed by atoms with Crippen molar-refractivity contribution >= 4 is 27.8 Å². The number of likely N-dealkylation sites (N-methyl/N-ethyl adjacent to an activating group) is 1. The van der Waals surface area contributed by atoms with Gasteiger partial charge in [0.25, 0.3) is 0 Å². The van der Waals surface area contributed by atoms with Crippen molar-refractivity contribution in [2.45, 2.75) is 6.04 Å². The van der Waals surface area contributed by atoms with Gasteiger partial charge < -0.3 is 20.1 Å². The van der Waals surface area contributed by atoms with Crippen LogP contribution in [-0.2, 0) is 0 Å². The number of nitrogens with zero attached hydrogens (tertiary/aromatic N) is 2. The largest absolute Gasteiger partial charge is 0.454 e. The first kappa shape index (κ1) is 11.3. The molecule has 1 atom stereocenters. The second-order valence-electron chi connectivity index (χ2n) is 4.07. The quantitative estimate of drug-likeness (QED) is 0.855. The van der Waals surface area contributed by atoms with Crippen molar-refractivity contribution in [2.75, 3.05) is 13.8 Å². The van der Waals surface area contributed by atoms with Crippen molar-refractivity contribution in [3.05, 3.63) is 22.2 Å². The summed E-state index contributed by atoms with van der Waals surface area (Å²) in [5.74, 6) is 1.59. The summed E-state index contributed by atoms with van der Waals surface area (Å²) in [5.41, 5.74) is 6.62. The van der Waals surface area contributed by atoms with Crippen molar-refractivity contribution in [3.63, 3.8) is 0 Å². The van der Waals surface area contributed by atoms with E-state index in [2.05, 4.69) is 20.9 Å². The van der Waals surface area contributed by atoms with Crippen LogP contribution in [0.5, 0.6) is 11.5 Å². The molecule has 0 bridgehead atoms. The Morgan fingerprint density at radius 1 is 1.50 bits per heavy atom. The van der Waals surface area contributed by atoms with E-state index < -0.39 is 0 Å². The van der Waals surface area contributed by atoms with Gasteiger partial charge in [-0.15, -0.1) is 0 Å². The van der Waals surface area contributed by atoms with E-state index in [0.717, 1.165) is 10.0 Å². The molecule has 1 aromatic rings. The Morgan fingerprint density at radius 3 is 2.94 bits per heavy atom. The van der Waals surface area contributed by atoms with E-state index in [1.165, 1.54) is 4.90 Å². The van der Waals surface area contributed by atoms with Crippen LogP contribution in [-0.4, -0.2) is 30.6 Å². The lowest BCUT2D eigenvalue weighted by Gasteiger charge is -2.20. The minimum absolute atomic E-state index is 0.195. The molecule has 2 aliphatic heterocycles. The van der Waals surface area contributed by atoms with E-state index >= 15 is 0 Å². The zero-order valence-electron chi connectivity index (χ0n) is 9.51. The molecule has 7 heteroatoms. The Bertz CT molecular complexity index is 573. The van der Waals surface area contributed by atoms with E-state index in [9.17, 15) is 4.79 Å². The predicted octanol–water partition coefficient (Wildman–Crippen LogP) is 1.64. The van der Waals surface area contributed by atoms with Gasteiger partial charge in [0, 0.05) is 7.05 Å². The molecule has 0 aliphatic carbocycles. The van der Waals surface area contributed by atoms with Gasteiger partial charge in [-0.3, -0.25) is 0 Å². The molecule has 2 N–H and O–H groups in total. The number of fused-ring (bicyclic) bond motifs is 1. The number of rotatable bonds is 1. The van der Waals surface area contributed by atoms with Crippen molar-refractivity contribution in [1.82, 2.24) is 4.90 Å². The third kappa shape index (κ3) is 1.54. The fourth-order valence-electron chi connectivity index (χ4n) is 2.10. The fourth-order valence-corrected chi connectivity index (χ4v) is 2.67. The average Bonchev–Trinajstić information content (AvgIpc) is 2.85. The highest BCUT2D eigenvalue weighted by molar-refractivity contribution is 9.10. The molecule has 0 saturated carbocycles. The number of urea groups is 1. The summed E-state index contributed by atoms with van der Waals surface area (Å²) in [5, 5.41) is 0. The number of halogens is 1. The van der Waals surface area contributed by atoms with Crippen LogP contribution in [0.4, 0.5) is 4.79 Å². The molecule has 18 heavy (non-hydrogen) atoms. The maximum Gasteiger partial charge on any atom is 0.345 e. The molecule has 2 aliphatic rings. The first-order valence-corrected chi connectivity index (χ1v) is 6.07. The number of amidine groups is 1. The van der Waals surface area contributed by atoms with Gasteiger partial charge >= 0.3 is 6.03 Å². The standard InChI is InChI=1S/C11H10BrN3O3/c1-15-8(10(13)14-11(15)16)5-2-6(12)9-7(3-5)17-4-18-9/h2-3,8H,4H2,1H3,(H2,13,14,16). The Morgan fingerprint density at radius 2 is 2.28 bits per heavy atom. The SMILES string of the molecule is CN1C(=O)N=C(N)C1c1cc(Br)c2c(c1)OCO2. The van der Waals surface area contributed by atoms with Gasteiger partial charge in [0.2, 0.25) is 6.79 Å². The molecule has 94 valence electrons. The summed E-state index contributed by atoms with van der Waals surface area (Å²) in [4.78, 5) is 16.7. The minimum Gasteiger partial charge on any atom is -0.454 e. The van der Waals surface area contributed by atoms with Crippen LogP contribution < -0.4 is 15.2 Å². The second-order valence-corrected chi connectivity index (χ2v) is 4.92. The molecule has 2 amide bonds. The van der Waals surface area contributed by atoms with Crippen molar-refractivity contribution < 1.29 is 14.3 Å². The maximum atomic E-state index is 11.5. The molecule has 0 radical (unpaired) electrons. The zero-order chi connectivity index (χ0) is 12.9. The number of carbonyl (C=O) groups is 1. The summed E-state index contributed by atoms with van der Waals surface area (Å²) in [6.45, 7) is 0.195. The zero-order valence-corrected chi connectivity index (χ0v) is 11.1. The normalized spacial score (nSPS) is 21.4. The lowest BCUT2D eigenvalue weighted by molar-refractivity contribution is 0.173.